The first-order chi connectivity index (χ1) is 13.8. The van der Waals surface area contributed by atoms with Gasteiger partial charge in [-0.3, -0.25) is 0 Å². The van der Waals surface area contributed by atoms with E-state index in [0.717, 1.165) is 17.8 Å². The van der Waals surface area contributed by atoms with E-state index in [2.05, 4.69) is 66.8 Å². The average Bonchev–Trinajstić information content (AvgIpc) is 3.33. The van der Waals surface area contributed by atoms with Crippen molar-refractivity contribution in [2.75, 3.05) is 0 Å². The van der Waals surface area contributed by atoms with Crippen molar-refractivity contribution in [3.63, 3.8) is 0 Å². The van der Waals surface area contributed by atoms with Gasteiger partial charge >= 0.3 is 26.2 Å². The van der Waals surface area contributed by atoms with Crippen molar-refractivity contribution < 1.29 is 51.0 Å². The second-order valence-corrected chi connectivity index (χ2v) is 10.1. The number of halogens is 2. The Morgan fingerprint density at radius 1 is 0.871 bits per heavy atom. The number of benzene rings is 2. The SMILES string of the molecule is C1=CCC(C2[C-]3CC4CC2CC(C2c5ccccc5-c5ccccc52)(C3)C4)=C1.[Cl-].[Cl-].[Zr+3]. The molecule has 0 heterocycles. The molecule has 6 aliphatic carbocycles. The van der Waals surface area contributed by atoms with Gasteiger partial charge in [-0.1, -0.05) is 90.6 Å². The van der Waals surface area contributed by atoms with Gasteiger partial charge in [-0.25, -0.2) is 0 Å². The molecule has 0 aliphatic heterocycles. The maximum Gasteiger partial charge on any atom is 3.00 e. The quantitative estimate of drug-likeness (QED) is 0.516. The summed E-state index contributed by atoms with van der Waals surface area (Å²) in [6, 6.07) is 18.6. The first kappa shape index (κ1) is 23.5. The molecule has 0 nitrogen and oxygen atoms in total. The molecule has 157 valence electrons. The van der Waals surface area contributed by atoms with Crippen LogP contribution in [-0.4, -0.2) is 0 Å². The molecule has 0 saturated heterocycles. The Kier molecular flexibility index (Phi) is 6.55. The van der Waals surface area contributed by atoms with Gasteiger partial charge in [0.25, 0.3) is 0 Å². The summed E-state index contributed by atoms with van der Waals surface area (Å²) in [5.41, 5.74) is 8.42. The van der Waals surface area contributed by atoms with E-state index < -0.39 is 0 Å². The number of hydrogen-bond acceptors (Lipinski definition) is 0. The summed E-state index contributed by atoms with van der Waals surface area (Å²) in [4.78, 5) is 0. The molecule has 31 heavy (non-hydrogen) atoms. The van der Waals surface area contributed by atoms with Crippen molar-refractivity contribution in [3.05, 3.63) is 89.4 Å². The molecule has 4 bridgehead atoms. The summed E-state index contributed by atoms with van der Waals surface area (Å²) in [6.45, 7) is 0. The van der Waals surface area contributed by atoms with Crippen LogP contribution in [0.15, 0.2) is 72.3 Å². The first-order valence-electron chi connectivity index (χ1n) is 11.2. The minimum absolute atomic E-state index is 0. The van der Waals surface area contributed by atoms with Gasteiger partial charge in [0.05, 0.1) is 0 Å². The maximum atomic E-state index is 2.44. The van der Waals surface area contributed by atoms with Crippen LogP contribution in [0.25, 0.3) is 11.1 Å². The van der Waals surface area contributed by atoms with Gasteiger partial charge < -0.3 is 30.7 Å². The van der Waals surface area contributed by atoms with Gasteiger partial charge in [0.1, 0.15) is 0 Å². The third kappa shape index (κ3) is 3.33. The van der Waals surface area contributed by atoms with Gasteiger partial charge in [-0.05, 0) is 46.9 Å². The summed E-state index contributed by atoms with van der Waals surface area (Å²) in [5, 5.41) is 0. The van der Waals surface area contributed by atoms with Crippen LogP contribution in [0, 0.1) is 29.1 Å². The second kappa shape index (κ2) is 8.63. The predicted octanol–water partition coefficient (Wildman–Crippen LogP) is 1.09. The third-order valence-electron chi connectivity index (χ3n) is 8.69. The summed E-state index contributed by atoms with van der Waals surface area (Å²) in [6.07, 6.45) is 15.4. The van der Waals surface area contributed by atoms with Gasteiger partial charge in [0.2, 0.25) is 0 Å². The van der Waals surface area contributed by atoms with Crippen molar-refractivity contribution in [1.82, 2.24) is 0 Å². The Morgan fingerprint density at radius 2 is 1.55 bits per heavy atom. The third-order valence-corrected chi connectivity index (χ3v) is 8.69. The molecule has 4 atom stereocenters. The zero-order valence-corrected chi connectivity index (χ0v) is 21.6. The van der Waals surface area contributed by atoms with Crippen molar-refractivity contribution in [2.24, 2.45) is 23.2 Å². The van der Waals surface area contributed by atoms with E-state index >= 15 is 0 Å². The van der Waals surface area contributed by atoms with Crippen molar-refractivity contribution >= 4 is 0 Å². The molecule has 0 aromatic heterocycles. The second-order valence-electron chi connectivity index (χ2n) is 10.1. The average molecular weight is 526 g/mol. The van der Waals surface area contributed by atoms with E-state index in [1.807, 2.05) is 5.92 Å². The molecular formula is C28H27Cl2Zr. The number of allylic oxidation sites excluding steroid dienone is 4. The predicted molar refractivity (Wildman–Crippen MR) is 115 cm³/mol. The van der Waals surface area contributed by atoms with Crippen LogP contribution in [0.5, 0.6) is 0 Å². The molecule has 8 rings (SSSR count). The normalized spacial score (nSPS) is 31.9. The topological polar surface area (TPSA) is 0 Å². The zero-order valence-electron chi connectivity index (χ0n) is 17.7. The fraction of sp³-hybridized carbons (Fsp3) is 0.393. The Hall–Kier alpha value is -0.617. The number of hydrogen-bond donors (Lipinski definition) is 0. The van der Waals surface area contributed by atoms with Crippen LogP contribution in [0.1, 0.15) is 55.6 Å². The molecule has 4 fully saturated rings. The monoisotopic (exact) mass is 523 g/mol. The standard InChI is InChI=1S/C28H27.2ClH.Zr/c1-2-8-19(7-1)26-20-13-18-14-21(26)17-28(15-18,16-20)27-24-11-5-3-9-22(24)23-10-4-6-12-25(23)27;;;/h1-7,9-12,18,20,26-27H,8,13-17H2;2*1H;/q-1;;;+3/p-2. The van der Waals surface area contributed by atoms with Gasteiger partial charge in [0, 0.05) is 5.92 Å². The van der Waals surface area contributed by atoms with Crippen molar-refractivity contribution in [2.45, 2.75) is 44.4 Å². The molecule has 4 unspecified atom stereocenters. The first-order valence-corrected chi connectivity index (χ1v) is 11.2. The van der Waals surface area contributed by atoms with Crippen LogP contribution in [0.3, 0.4) is 0 Å². The minimum atomic E-state index is 0. The summed E-state index contributed by atoms with van der Waals surface area (Å²) < 4.78 is 0. The van der Waals surface area contributed by atoms with Crippen LogP contribution in [0.4, 0.5) is 0 Å². The summed E-state index contributed by atoms with van der Waals surface area (Å²) >= 11 is 0. The number of fused-ring (bicyclic) bond motifs is 3. The van der Waals surface area contributed by atoms with Crippen molar-refractivity contribution in [1.29, 1.82) is 0 Å². The molecule has 0 amide bonds. The van der Waals surface area contributed by atoms with E-state index in [0.29, 0.717) is 11.3 Å². The van der Waals surface area contributed by atoms with Crippen LogP contribution >= 0.6 is 0 Å². The van der Waals surface area contributed by atoms with Gasteiger partial charge in [0.15, 0.2) is 0 Å². The Labute approximate surface area is 217 Å². The Morgan fingerprint density at radius 3 is 2.16 bits per heavy atom. The molecule has 0 N–H and O–H groups in total. The molecule has 3 heteroatoms. The van der Waals surface area contributed by atoms with E-state index in [9.17, 15) is 0 Å². The molecular weight excluding hydrogens is 498 g/mol. The Bertz CT molecular complexity index is 977. The Balaban J connectivity index is 0.000000771. The van der Waals surface area contributed by atoms with Crippen LogP contribution in [0.2, 0.25) is 0 Å². The van der Waals surface area contributed by atoms with E-state index in [1.54, 1.807) is 16.7 Å². The van der Waals surface area contributed by atoms with Gasteiger partial charge in [-0.2, -0.15) is 12.8 Å². The van der Waals surface area contributed by atoms with E-state index in [1.165, 1.54) is 49.7 Å². The molecule has 4 saturated carbocycles. The fourth-order valence-corrected chi connectivity index (χ4v) is 8.21. The molecule has 1 radical (unpaired) electrons. The molecule has 2 aromatic carbocycles. The molecule has 0 spiro atoms. The minimum Gasteiger partial charge on any atom is -1.00 e. The molecule has 2 aromatic rings. The van der Waals surface area contributed by atoms with Crippen LogP contribution < -0.4 is 24.8 Å². The largest absolute Gasteiger partial charge is 3.00 e. The summed E-state index contributed by atoms with van der Waals surface area (Å²) in [7, 11) is 0. The summed E-state index contributed by atoms with van der Waals surface area (Å²) in [5.74, 6) is 5.15. The smallest absolute Gasteiger partial charge is 1.00 e. The van der Waals surface area contributed by atoms with E-state index in [4.69, 9.17) is 0 Å². The fourth-order valence-electron chi connectivity index (χ4n) is 8.21. The van der Waals surface area contributed by atoms with Crippen LogP contribution in [-0.2, 0) is 26.2 Å². The zero-order chi connectivity index (χ0) is 18.3. The number of rotatable bonds is 2. The van der Waals surface area contributed by atoms with Gasteiger partial charge in [-0.15, -0.1) is 5.92 Å². The van der Waals surface area contributed by atoms with Crippen molar-refractivity contribution in [3.8, 4) is 11.1 Å². The van der Waals surface area contributed by atoms with E-state index in [-0.39, 0.29) is 51.0 Å². The molecule has 6 aliphatic rings. The maximum absolute atomic E-state index is 2.44.